The average Bonchev–Trinajstić information content (AvgIpc) is 2.35. The van der Waals surface area contributed by atoms with E-state index in [0.717, 1.165) is 11.1 Å². The van der Waals surface area contributed by atoms with Gasteiger partial charge in [-0.3, -0.25) is 0 Å². The summed E-state index contributed by atoms with van der Waals surface area (Å²) in [6, 6.07) is 9.98. The summed E-state index contributed by atoms with van der Waals surface area (Å²) in [6.45, 7) is 3.96. The Balaban J connectivity index is 2.50. The minimum Gasteiger partial charge on any atom is -0.477 e. The monoisotopic (exact) mass is 232 g/mol. The highest BCUT2D eigenvalue weighted by Gasteiger charge is 1.99. The van der Waals surface area contributed by atoms with Crippen LogP contribution < -0.4 is 5.43 Å². The van der Waals surface area contributed by atoms with E-state index in [1.165, 1.54) is 6.92 Å². The second-order valence-electron chi connectivity index (χ2n) is 3.62. The SMILES string of the molecule is CC(=NNC/C=C(/C)c1ccccc1)C(=O)O. The first-order chi connectivity index (χ1) is 8.11. The molecule has 0 aliphatic rings. The number of hydrogen-bond acceptors (Lipinski definition) is 3. The summed E-state index contributed by atoms with van der Waals surface area (Å²) >= 11 is 0. The zero-order valence-electron chi connectivity index (χ0n) is 9.97. The minimum atomic E-state index is -1.01. The Hall–Kier alpha value is -2.10. The van der Waals surface area contributed by atoms with Crippen LogP contribution in [0.2, 0.25) is 0 Å². The summed E-state index contributed by atoms with van der Waals surface area (Å²) < 4.78 is 0. The van der Waals surface area contributed by atoms with Gasteiger partial charge >= 0.3 is 5.97 Å². The van der Waals surface area contributed by atoms with Crippen molar-refractivity contribution < 1.29 is 9.90 Å². The molecule has 1 aromatic rings. The van der Waals surface area contributed by atoms with Gasteiger partial charge in [-0.2, -0.15) is 5.10 Å². The Bertz CT molecular complexity index is 436. The first kappa shape index (κ1) is 13.0. The van der Waals surface area contributed by atoms with Crippen molar-refractivity contribution >= 4 is 17.3 Å². The maximum atomic E-state index is 10.5. The van der Waals surface area contributed by atoms with E-state index >= 15 is 0 Å². The van der Waals surface area contributed by atoms with E-state index < -0.39 is 5.97 Å². The third-order valence-corrected chi connectivity index (χ3v) is 2.28. The van der Waals surface area contributed by atoms with Gasteiger partial charge in [-0.15, -0.1) is 0 Å². The van der Waals surface area contributed by atoms with Gasteiger partial charge in [-0.25, -0.2) is 4.79 Å². The van der Waals surface area contributed by atoms with Crippen molar-refractivity contribution in [3.8, 4) is 0 Å². The molecule has 0 spiro atoms. The normalized spacial score (nSPS) is 12.4. The summed E-state index contributed by atoms with van der Waals surface area (Å²) in [4.78, 5) is 10.5. The van der Waals surface area contributed by atoms with Gasteiger partial charge in [0.25, 0.3) is 0 Å². The summed E-state index contributed by atoms with van der Waals surface area (Å²) in [6.07, 6.45) is 1.97. The highest BCUT2D eigenvalue weighted by molar-refractivity contribution is 6.34. The quantitative estimate of drug-likeness (QED) is 0.464. The minimum absolute atomic E-state index is 0.0516. The van der Waals surface area contributed by atoms with Crippen LogP contribution in [0.25, 0.3) is 5.57 Å². The van der Waals surface area contributed by atoms with Crippen LogP contribution >= 0.6 is 0 Å². The smallest absolute Gasteiger partial charge is 0.351 e. The van der Waals surface area contributed by atoms with Gasteiger partial charge in [0.15, 0.2) is 0 Å². The number of benzene rings is 1. The Labute approximate surface area is 101 Å². The van der Waals surface area contributed by atoms with E-state index in [2.05, 4.69) is 10.5 Å². The highest BCUT2D eigenvalue weighted by atomic mass is 16.4. The average molecular weight is 232 g/mol. The van der Waals surface area contributed by atoms with Crippen molar-refractivity contribution in [1.29, 1.82) is 0 Å². The Morgan fingerprint density at radius 2 is 2.00 bits per heavy atom. The Kier molecular flexibility index (Phi) is 4.94. The summed E-state index contributed by atoms with van der Waals surface area (Å²) in [5, 5.41) is 12.3. The molecule has 0 saturated heterocycles. The molecule has 0 heterocycles. The number of nitrogens with one attached hydrogen (secondary N) is 1. The van der Waals surface area contributed by atoms with Crippen LogP contribution in [0, 0.1) is 0 Å². The molecule has 17 heavy (non-hydrogen) atoms. The molecule has 4 heteroatoms. The second kappa shape index (κ2) is 6.48. The van der Waals surface area contributed by atoms with Crippen molar-refractivity contribution in [2.45, 2.75) is 13.8 Å². The zero-order chi connectivity index (χ0) is 12.7. The molecule has 0 bridgehead atoms. The van der Waals surface area contributed by atoms with E-state index in [0.29, 0.717) is 6.54 Å². The van der Waals surface area contributed by atoms with E-state index in [-0.39, 0.29) is 5.71 Å². The maximum Gasteiger partial charge on any atom is 0.351 e. The van der Waals surface area contributed by atoms with Gasteiger partial charge in [0, 0.05) is 0 Å². The molecule has 0 radical (unpaired) electrons. The van der Waals surface area contributed by atoms with Gasteiger partial charge in [-0.1, -0.05) is 36.4 Å². The second-order valence-corrected chi connectivity index (χ2v) is 3.62. The molecule has 0 saturated carbocycles. The first-order valence-electron chi connectivity index (χ1n) is 5.34. The van der Waals surface area contributed by atoms with Crippen LogP contribution in [-0.4, -0.2) is 23.3 Å². The van der Waals surface area contributed by atoms with Crippen molar-refractivity contribution in [3.63, 3.8) is 0 Å². The molecular formula is C13H16N2O2. The molecule has 1 rings (SSSR count). The molecule has 0 amide bonds. The molecular weight excluding hydrogens is 216 g/mol. The lowest BCUT2D eigenvalue weighted by atomic mass is 10.1. The lowest BCUT2D eigenvalue weighted by Crippen LogP contribution is -2.15. The number of allylic oxidation sites excluding steroid dienone is 1. The molecule has 0 aromatic heterocycles. The highest BCUT2D eigenvalue weighted by Crippen LogP contribution is 2.11. The van der Waals surface area contributed by atoms with Gasteiger partial charge in [0.05, 0.1) is 6.54 Å². The topological polar surface area (TPSA) is 61.7 Å². The first-order valence-corrected chi connectivity index (χ1v) is 5.34. The molecule has 0 aliphatic carbocycles. The van der Waals surface area contributed by atoms with Gasteiger partial charge < -0.3 is 10.5 Å². The molecule has 4 nitrogen and oxygen atoms in total. The maximum absolute atomic E-state index is 10.5. The van der Waals surface area contributed by atoms with Crippen molar-refractivity contribution in [3.05, 3.63) is 42.0 Å². The van der Waals surface area contributed by atoms with Gasteiger partial charge in [0.2, 0.25) is 0 Å². The van der Waals surface area contributed by atoms with Crippen LogP contribution in [0.1, 0.15) is 19.4 Å². The molecule has 0 aliphatic heterocycles. The predicted octanol–water partition coefficient (Wildman–Crippen LogP) is 2.14. The van der Waals surface area contributed by atoms with Crippen molar-refractivity contribution in [2.75, 3.05) is 6.54 Å². The fourth-order valence-corrected chi connectivity index (χ4v) is 1.23. The van der Waals surface area contributed by atoms with Crippen LogP contribution in [0.3, 0.4) is 0 Å². The standard InChI is InChI=1S/C13H16N2O2/c1-10(12-6-4-3-5-7-12)8-9-14-15-11(2)13(16)17/h3-8,14H,9H2,1-2H3,(H,16,17)/b10-8-,15-11?. The van der Waals surface area contributed by atoms with Crippen molar-refractivity contribution in [2.24, 2.45) is 5.10 Å². The fraction of sp³-hybridized carbons (Fsp3) is 0.231. The number of hydrogen-bond donors (Lipinski definition) is 2. The molecule has 0 unspecified atom stereocenters. The third kappa shape index (κ3) is 4.51. The van der Waals surface area contributed by atoms with Crippen LogP contribution in [-0.2, 0) is 4.79 Å². The number of carbonyl (C=O) groups is 1. The summed E-state index contributed by atoms with van der Waals surface area (Å²) in [5.41, 5.74) is 5.02. The lowest BCUT2D eigenvalue weighted by molar-refractivity contribution is -0.129. The molecule has 2 N–H and O–H groups in total. The third-order valence-electron chi connectivity index (χ3n) is 2.28. The lowest BCUT2D eigenvalue weighted by Gasteiger charge is -2.01. The molecule has 0 fully saturated rings. The predicted molar refractivity (Wildman–Crippen MR) is 68.8 cm³/mol. The number of nitrogens with zero attached hydrogens (tertiary/aromatic N) is 1. The van der Waals surface area contributed by atoms with Crippen LogP contribution in [0.5, 0.6) is 0 Å². The van der Waals surface area contributed by atoms with Gasteiger partial charge in [-0.05, 0) is 25.0 Å². The number of aliphatic carboxylic acids is 1. The number of rotatable bonds is 5. The van der Waals surface area contributed by atoms with Crippen LogP contribution in [0.15, 0.2) is 41.5 Å². The number of carboxylic acids is 1. The van der Waals surface area contributed by atoms with E-state index in [1.807, 2.05) is 43.3 Å². The zero-order valence-corrected chi connectivity index (χ0v) is 9.97. The van der Waals surface area contributed by atoms with E-state index in [4.69, 9.17) is 5.11 Å². The molecule has 1 aromatic carbocycles. The van der Waals surface area contributed by atoms with E-state index in [1.54, 1.807) is 0 Å². The Morgan fingerprint density at radius 3 is 2.59 bits per heavy atom. The van der Waals surface area contributed by atoms with Gasteiger partial charge in [0.1, 0.15) is 5.71 Å². The summed E-state index contributed by atoms with van der Waals surface area (Å²) in [5.74, 6) is -1.01. The Morgan fingerprint density at radius 1 is 1.35 bits per heavy atom. The molecule has 0 atom stereocenters. The molecule has 90 valence electrons. The fourth-order valence-electron chi connectivity index (χ4n) is 1.23. The number of hydrazone groups is 1. The van der Waals surface area contributed by atoms with Crippen molar-refractivity contribution in [1.82, 2.24) is 5.43 Å². The number of carboxylic acid groups (broad SMARTS) is 1. The largest absolute Gasteiger partial charge is 0.477 e. The van der Waals surface area contributed by atoms with Crippen LogP contribution in [0.4, 0.5) is 0 Å². The van der Waals surface area contributed by atoms with E-state index in [9.17, 15) is 4.79 Å². The summed E-state index contributed by atoms with van der Waals surface area (Å²) in [7, 11) is 0.